The predicted octanol–water partition coefficient (Wildman–Crippen LogP) is 2.29. The maximum Gasteiger partial charge on any atom is 0.0512 e. The van der Waals surface area contributed by atoms with Crippen molar-refractivity contribution in [2.45, 2.75) is 32.1 Å². The number of hydrogen-bond donors (Lipinski definition) is 0. The molecule has 0 aromatic rings. The Morgan fingerprint density at radius 1 is 1.25 bits per heavy atom. The number of nitrogens with zero attached hydrogens (tertiary/aromatic N) is 1. The molecule has 0 spiro atoms. The van der Waals surface area contributed by atoms with Crippen molar-refractivity contribution >= 4 is 9.73 Å². The van der Waals surface area contributed by atoms with E-state index in [1.807, 2.05) is 0 Å². The third-order valence-corrected chi connectivity index (χ3v) is 3.14. The van der Waals surface area contributed by atoms with E-state index < -0.39 is 9.73 Å². The van der Waals surface area contributed by atoms with Gasteiger partial charge in [0.2, 0.25) is 0 Å². The van der Waals surface area contributed by atoms with Crippen molar-refractivity contribution in [3.8, 4) is 0 Å². The largest absolute Gasteiger partial charge is 0.250 e. The van der Waals surface area contributed by atoms with E-state index in [1.165, 1.54) is 32.1 Å². The molecule has 0 aromatic carbocycles. The van der Waals surface area contributed by atoms with Gasteiger partial charge in [0, 0.05) is 22.2 Å². The topological polar surface area (TPSA) is 29.4 Å². The molecule has 0 amide bonds. The van der Waals surface area contributed by atoms with Crippen LogP contribution in [0.1, 0.15) is 32.1 Å². The lowest BCUT2D eigenvalue weighted by molar-refractivity contribution is 0.367. The van der Waals surface area contributed by atoms with Gasteiger partial charge in [-0.3, -0.25) is 4.21 Å². The van der Waals surface area contributed by atoms with Crippen LogP contribution < -0.4 is 0 Å². The highest BCUT2D eigenvalue weighted by Crippen LogP contribution is 2.23. The van der Waals surface area contributed by atoms with Gasteiger partial charge < -0.3 is 0 Å². The van der Waals surface area contributed by atoms with Gasteiger partial charge in [0.25, 0.3) is 0 Å². The van der Waals surface area contributed by atoms with Crippen LogP contribution in [0.15, 0.2) is 4.36 Å². The van der Waals surface area contributed by atoms with E-state index in [-0.39, 0.29) is 0 Å². The van der Waals surface area contributed by atoms with Gasteiger partial charge in [0.05, 0.1) is 6.54 Å². The van der Waals surface area contributed by atoms with Crippen molar-refractivity contribution < 1.29 is 4.21 Å². The van der Waals surface area contributed by atoms with E-state index in [4.69, 9.17) is 0 Å². The van der Waals surface area contributed by atoms with Gasteiger partial charge in [-0.15, -0.1) is 0 Å². The van der Waals surface area contributed by atoms with Crippen molar-refractivity contribution in [1.82, 2.24) is 0 Å². The summed E-state index contributed by atoms with van der Waals surface area (Å²) in [6.07, 6.45) is 10.1. The van der Waals surface area contributed by atoms with Crippen LogP contribution in [0.5, 0.6) is 0 Å². The molecule has 0 saturated heterocycles. The Balaban J connectivity index is 2.36. The summed E-state index contributed by atoms with van der Waals surface area (Å²) in [6.45, 7) is 0.825. The van der Waals surface area contributed by atoms with Crippen LogP contribution in [0, 0.1) is 5.92 Å². The molecule has 2 nitrogen and oxygen atoms in total. The molecule has 0 unspecified atom stereocenters. The maximum atomic E-state index is 11.3. The molecule has 1 saturated carbocycles. The van der Waals surface area contributed by atoms with Gasteiger partial charge in [0.1, 0.15) is 0 Å². The van der Waals surface area contributed by atoms with Gasteiger partial charge in [-0.25, -0.2) is 4.36 Å². The van der Waals surface area contributed by atoms with Gasteiger partial charge >= 0.3 is 0 Å². The third-order valence-electron chi connectivity index (χ3n) is 2.37. The van der Waals surface area contributed by atoms with Gasteiger partial charge in [-0.2, -0.15) is 0 Å². The second-order valence-corrected chi connectivity index (χ2v) is 6.62. The highest BCUT2D eigenvalue weighted by Gasteiger charge is 2.12. The van der Waals surface area contributed by atoms with E-state index in [0.717, 1.165) is 12.5 Å². The lowest BCUT2D eigenvalue weighted by Gasteiger charge is -2.19. The highest BCUT2D eigenvalue weighted by atomic mass is 32.2. The minimum Gasteiger partial charge on any atom is -0.250 e. The molecule has 0 bridgehead atoms. The quantitative estimate of drug-likeness (QED) is 0.655. The molecule has 0 N–H and O–H groups in total. The Bertz CT molecular complexity index is 227. The Kier molecular flexibility index (Phi) is 3.56. The molecule has 0 atom stereocenters. The van der Waals surface area contributed by atoms with E-state index in [1.54, 1.807) is 12.5 Å². The summed E-state index contributed by atoms with van der Waals surface area (Å²) in [5, 5.41) is 0. The first-order valence-electron chi connectivity index (χ1n) is 4.71. The van der Waals surface area contributed by atoms with Gasteiger partial charge in [-0.05, 0) is 18.8 Å². The lowest BCUT2D eigenvalue weighted by atomic mass is 9.90. The predicted molar refractivity (Wildman–Crippen MR) is 53.9 cm³/mol. The molecule has 12 heavy (non-hydrogen) atoms. The molecule has 72 valence electrons. The van der Waals surface area contributed by atoms with Crippen molar-refractivity contribution in [2.24, 2.45) is 10.3 Å². The first-order valence-corrected chi connectivity index (χ1v) is 7.04. The zero-order chi connectivity index (χ0) is 9.03. The molecule has 1 aliphatic carbocycles. The van der Waals surface area contributed by atoms with Crippen molar-refractivity contribution in [3.63, 3.8) is 0 Å². The molecule has 3 heteroatoms. The fourth-order valence-electron chi connectivity index (χ4n) is 1.65. The van der Waals surface area contributed by atoms with Gasteiger partial charge in [0.15, 0.2) is 0 Å². The molecule has 0 radical (unpaired) electrons. The Morgan fingerprint density at radius 2 is 1.83 bits per heavy atom. The third kappa shape index (κ3) is 4.10. The van der Waals surface area contributed by atoms with Crippen LogP contribution in [-0.4, -0.2) is 23.3 Å². The van der Waals surface area contributed by atoms with Crippen LogP contribution in [0.25, 0.3) is 0 Å². The summed E-state index contributed by atoms with van der Waals surface area (Å²) in [4.78, 5) is 0. The first kappa shape index (κ1) is 10.0. The van der Waals surface area contributed by atoms with Gasteiger partial charge in [-0.1, -0.05) is 19.3 Å². The second kappa shape index (κ2) is 4.26. The molecule has 1 fully saturated rings. The highest BCUT2D eigenvalue weighted by molar-refractivity contribution is 7.92. The van der Waals surface area contributed by atoms with Crippen LogP contribution in [0.2, 0.25) is 0 Å². The van der Waals surface area contributed by atoms with Crippen LogP contribution >= 0.6 is 0 Å². The standard InChI is InChI=1S/C9H19NOS/c1-12(2,11)10-8-9-6-4-3-5-7-9/h9H,3-8H2,1-2H3. The SMILES string of the molecule is CS(C)(=O)=NCC1CCCCC1. The first-order chi connectivity index (χ1) is 5.58. The molecule has 0 aliphatic heterocycles. The summed E-state index contributed by atoms with van der Waals surface area (Å²) < 4.78 is 15.5. The summed E-state index contributed by atoms with van der Waals surface area (Å²) >= 11 is 0. The van der Waals surface area contributed by atoms with Crippen LogP contribution in [-0.2, 0) is 9.73 Å². The minimum absolute atomic E-state index is 0.722. The average Bonchev–Trinajstić information content (AvgIpc) is 2.02. The average molecular weight is 189 g/mol. The van der Waals surface area contributed by atoms with Crippen molar-refractivity contribution in [2.75, 3.05) is 19.1 Å². The Labute approximate surface area is 75.9 Å². The molecular formula is C9H19NOS. The molecule has 1 rings (SSSR count). The van der Waals surface area contributed by atoms with E-state index in [0.29, 0.717) is 0 Å². The normalized spacial score (nSPS) is 20.8. The fraction of sp³-hybridized carbons (Fsp3) is 1.00. The van der Waals surface area contributed by atoms with Crippen molar-refractivity contribution in [3.05, 3.63) is 0 Å². The smallest absolute Gasteiger partial charge is 0.0512 e. The summed E-state index contributed by atoms with van der Waals surface area (Å²) in [5.74, 6) is 0.722. The molecule has 1 aliphatic rings. The summed E-state index contributed by atoms with van der Waals surface area (Å²) in [5.41, 5.74) is 0. The molecular weight excluding hydrogens is 170 g/mol. The Morgan fingerprint density at radius 3 is 2.33 bits per heavy atom. The minimum atomic E-state index is -1.85. The molecule has 0 aromatic heterocycles. The summed E-state index contributed by atoms with van der Waals surface area (Å²) in [6, 6.07) is 0. The zero-order valence-corrected chi connectivity index (χ0v) is 8.90. The second-order valence-electron chi connectivity index (χ2n) is 4.00. The van der Waals surface area contributed by atoms with E-state index in [2.05, 4.69) is 4.36 Å². The van der Waals surface area contributed by atoms with Crippen LogP contribution in [0.4, 0.5) is 0 Å². The number of hydrogen-bond acceptors (Lipinski definition) is 2. The fourth-order valence-corrected chi connectivity index (χ4v) is 2.22. The monoisotopic (exact) mass is 189 g/mol. The van der Waals surface area contributed by atoms with Crippen LogP contribution in [0.3, 0.4) is 0 Å². The van der Waals surface area contributed by atoms with E-state index in [9.17, 15) is 4.21 Å². The maximum absolute atomic E-state index is 11.3. The van der Waals surface area contributed by atoms with E-state index >= 15 is 0 Å². The number of rotatable bonds is 2. The Hall–Kier alpha value is -0.0500. The van der Waals surface area contributed by atoms with Crippen molar-refractivity contribution in [1.29, 1.82) is 0 Å². The summed E-state index contributed by atoms with van der Waals surface area (Å²) in [7, 11) is -1.85. The lowest BCUT2D eigenvalue weighted by Crippen LogP contribution is -2.10. The molecule has 0 heterocycles. The zero-order valence-electron chi connectivity index (χ0n) is 8.08.